The Morgan fingerprint density at radius 2 is 1.96 bits per heavy atom. The average molecular weight is 425 g/mol. The number of aryl methyl sites for hydroxylation is 3. The van der Waals surface area contributed by atoms with Gasteiger partial charge in [0.15, 0.2) is 0 Å². The van der Waals surface area contributed by atoms with E-state index in [2.05, 4.69) is 47.8 Å². The first-order chi connectivity index (χ1) is 13.0. The van der Waals surface area contributed by atoms with Crippen molar-refractivity contribution in [2.24, 2.45) is 0 Å². The average Bonchev–Trinajstić information content (AvgIpc) is 3.28. The van der Waals surface area contributed by atoms with Crippen molar-refractivity contribution < 1.29 is 4.52 Å². The lowest BCUT2D eigenvalue weighted by molar-refractivity contribution is 0.393. The molecule has 0 radical (unpaired) electrons. The summed E-state index contributed by atoms with van der Waals surface area (Å²) in [4.78, 5) is 4.53. The molecular formula is C19H17BrN6O. The zero-order valence-corrected chi connectivity index (χ0v) is 16.6. The van der Waals surface area contributed by atoms with Crippen molar-refractivity contribution in [1.29, 1.82) is 0 Å². The Bertz CT molecular complexity index is 1080. The van der Waals surface area contributed by atoms with Crippen molar-refractivity contribution in [2.45, 2.75) is 20.8 Å². The quantitative estimate of drug-likeness (QED) is 0.508. The predicted octanol–water partition coefficient (Wildman–Crippen LogP) is 4.75. The maximum Gasteiger partial charge on any atom is 0.141 e. The highest BCUT2D eigenvalue weighted by molar-refractivity contribution is 9.10. The molecule has 3 aromatic heterocycles. The van der Waals surface area contributed by atoms with Crippen molar-refractivity contribution >= 4 is 27.3 Å². The third-order valence-electron chi connectivity index (χ3n) is 4.31. The number of pyridine rings is 1. The number of aromatic nitrogens is 5. The monoisotopic (exact) mass is 424 g/mol. The Morgan fingerprint density at radius 3 is 2.63 bits per heavy atom. The van der Waals surface area contributed by atoms with Gasteiger partial charge in [-0.05, 0) is 61.0 Å². The summed E-state index contributed by atoms with van der Waals surface area (Å²) >= 11 is 3.60. The van der Waals surface area contributed by atoms with Crippen LogP contribution in [-0.2, 0) is 0 Å². The molecule has 0 spiro atoms. The van der Waals surface area contributed by atoms with E-state index in [1.54, 1.807) is 17.1 Å². The maximum atomic E-state index is 5.28. The first-order valence-corrected chi connectivity index (χ1v) is 9.15. The molecule has 4 aromatic rings. The zero-order valence-electron chi connectivity index (χ0n) is 15.1. The van der Waals surface area contributed by atoms with Crippen LogP contribution in [0.4, 0.5) is 11.4 Å². The molecule has 0 atom stereocenters. The normalized spacial score (nSPS) is 11.0. The van der Waals surface area contributed by atoms with Crippen molar-refractivity contribution in [3.05, 3.63) is 64.5 Å². The van der Waals surface area contributed by atoms with Gasteiger partial charge < -0.3 is 9.84 Å². The Balaban J connectivity index is 1.67. The lowest BCUT2D eigenvalue weighted by Gasteiger charge is -2.12. The van der Waals surface area contributed by atoms with Crippen LogP contribution in [0.1, 0.15) is 17.1 Å². The van der Waals surface area contributed by atoms with E-state index in [-0.39, 0.29) is 0 Å². The lowest BCUT2D eigenvalue weighted by Crippen LogP contribution is -1.99. The van der Waals surface area contributed by atoms with Crippen LogP contribution in [0.2, 0.25) is 0 Å². The molecule has 1 aromatic carbocycles. The first-order valence-electron chi connectivity index (χ1n) is 8.36. The standard InChI is InChI=1S/C19H17BrN6O/c1-11-17(8-14(10-21-11)19-12(2)24-27-13(19)3)23-15-4-5-18(16(20)9-15)26-7-6-22-25-26/h4-10,23H,1-3H3. The van der Waals surface area contributed by atoms with Crippen molar-refractivity contribution in [3.8, 4) is 16.8 Å². The molecule has 0 fully saturated rings. The van der Waals surface area contributed by atoms with Gasteiger partial charge >= 0.3 is 0 Å². The molecule has 0 unspecified atom stereocenters. The van der Waals surface area contributed by atoms with Crippen molar-refractivity contribution in [2.75, 3.05) is 5.32 Å². The number of hydrogen-bond acceptors (Lipinski definition) is 6. The topological polar surface area (TPSA) is 81.7 Å². The highest BCUT2D eigenvalue weighted by Crippen LogP contribution is 2.31. The molecule has 7 nitrogen and oxygen atoms in total. The summed E-state index contributed by atoms with van der Waals surface area (Å²) in [5.74, 6) is 0.782. The fourth-order valence-corrected chi connectivity index (χ4v) is 3.51. The number of nitrogens with zero attached hydrogens (tertiary/aromatic N) is 5. The fraction of sp³-hybridized carbons (Fsp3) is 0.158. The highest BCUT2D eigenvalue weighted by Gasteiger charge is 2.14. The van der Waals surface area contributed by atoms with Gasteiger partial charge in [-0.15, -0.1) is 5.10 Å². The number of halogens is 1. The summed E-state index contributed by atoms with van der Waals surface area (Å²) in [5.41, 5.74) is 6.48. The Hall–Kier alpha value is -3.00. The summed E-state index contributed by atoms with van der Waals surface area (Å²) in [7, 11) is 0. The largest absolute Gasteiger partial charge is 0.361 e. The van der Waals surface area contributed by atoms with Gasteiger partial charge in [0.2, 0.25) is 0 Å². The summed E-state index contributed by atoms with van der Waals surface area (Å²) in [6.45, 7) is 5.80. The third-order valence-corrected chi connectivity index (χ3v) is 4.94. The van der Waals surface area contributed by atoms with E-state index >= 15 is 0 Å². The molecule has 136 valence electrons. The van der Waals surface area contributed by atoms with Gasteiger partial charge in [-0.2, -0.15) is 0 Å². The summed E-state index contributed by atoms with van der Waals surface area (Å²) < 4.78 is 7.90. The fourth-order valence-electron chi connectivity index (χ4n) is 2.95. The number of hydrogen-bond donors (Lipinski definition) is 1. The first kappa shape index (κ1) is 17.4. The molecule has 0 bridgehead atoms. The molecule has 0 aliphatic rings. The number of nitrogens with one attached hydrogen (secondary N) is 1. The second-order valence-corrected chi connectivity index (χ2v) is 7.05. The van der Waals surface area contributed by atoms with E-state index in [1.807, 2.05) is 45.2 Å². The molecule has 0 saturated carbocycles. The predicted molar refractivity (Wildman–Crippen MR) is 106 cm³/mol. The van der Waals surface area contributed by atoms with E-state index in [0.717, 1.165) is 49.8 Å². The van der Waals surface area contributed by atoms with Crippen LogP contribution in [0.15, 0.2) is 51.9 Å². The molecule has 0 aliphatic carbocycles. The van der Waals surface area contributed by atoms with E-state index in [4.69, 9.17) is 4.52 Å². The van der Waals surface area contributed by atoms with Gasteiger partial charge in [-0.1, -0.05) is 10.4 Å². The molecule has 1 N–H and O–H groups in total. The van der Waals surface area contributed by atoms with Gasteiger partial charge in [-0.3, -0.25) is 4.98 Å². The third kappa shape index (κ3) is 3.35. The van der Waals surface area contributed by atoms with Gasteiger partial charge in [0, 0.05) is 27.5 Å². The summed E-state index contributed by atoms with van der Waals surface area (Å²) in [5, 5.41) is 15.3. The second kappa shape index (κ2) is 6.96. The van der Waals surface area contributed by atoms with E-state index in [0.29, 0.717) is 0 Å². The smallest absolute Gasteiger partial charge is 0.141 e. The van der Waals surface area contributed by atoms with E-state index < -0.39 is 0 Å². The maximum absolute atomic E-state index is 5.28. The van der Waals surface area contributed by atoms with Crippen LogP contribution in [-0.4, -0.2) is 25.1 Å². The number of anilines is 2. The van der Waals surface area contributed by atoms with Crippen LogP contribution in [0.3, 0.4) is 0 Å². The van der Waals surface area contributed by atoms with Gasteiger partial charge in [-0.25, -0.2) is 4.68 Å². The lowest BCUT2D eigenvalue weighted by atomic mass is 10.1. The number of rotatable bonds is 4. The molecule has 8 heteroatoms. The van der Waals surface area contributed by atoms with Gasteiger partial charge in [0.25, 0.3) is 0 Å². The van der Waals surface area contributed by atoms with Crippen molar-refractivity contribution in [3.63, 3.8) is 0 Å². The molecule has 27 heavy (non-hydrogen) atoms. The minimum Gasteiger partial charge on any atom is -0.361 e. The summed E-state index contributed by atoms with van der Waals surface area (Å²) in [6, 6.07) is 8.03. The zero-order chi connectivity index (χ0) is 19.0. The van der Waals surface area contributed by atoms with Crippen LogP contribution >= 0.6 is 15.9 Å². The molecule has 3 heterocycles. The summed E-state index contributed by atoms with van der Waals surface area (Å²) in [6.07, 6.45) is 5.29. The van der Waals surface area contributed by atoms with Gasteiger partial charge in [0.05, 0.1) is 35.2 Å². The Kier molecular flexibility index (Phi) is 4.49. The SMILES string of the molecule is Cc1ncc(-c2c(C)noc2C)cc1Nc1ccc(-n2ccnn2)c(Br)c1. The van der Waals surface area contributed by atoms with Crippen molar-refractivity contribution in [1.82, 2.24) is 25.1 Å². The molecule has 4 rings (SSSR count). The molecular weight excluding hydrogens is 408 g/mol. The van der Waals surface area contributed by atoms with Crippen LogP contribution in [0, 0.1) is 20.8 Å². The minimum absolute atomic E-state index is 0.782. The molecule has 0 aliphatic heterocycles. The Morgan fingerprint density at radius 1 is 1.11 bits per heavy atom. The second-order valence-electron chi connectivity index (χ2n) is 6.19. The van der Waals surface area contributed by atoms with E-state index in [1.165, 1.54) is 0 Å². The van der Waals surface area contributed by atoms with E-state index in [9.17, 15) is 0 Å². The van der Waals surface area contributed by atoms with Crippen LogP contribution in [0.25, 0.3) is 16.8 Å². The van der Waals surface area contributed by atoms with Gasteiger partial charge in [0.1, 0.15) is 5.76 Å². The Labute approximate surface area is 164 Å². The molecule has 0 amide bonds. The van der Waals surface area contributed by atoms with Crippen LogP contribution in [0.5, 0.6) is 0 Å². The molecule has 0 saturated heterocycles. The van der Waals surface area contributed by atoms with Crippen LogP contribution < -0.4 is 5.32 Å². The minimum atomic E-state index is 0.782. The number of benzene rings is 1. The highest BCUT2D eigenvalue weighted by atomic mass is 79.9.